The number of aromatic nitrogens is 2. The number of carbonyl (C=O) groups excluding carboxylic acids is 1. The van der Waals surface area contributed by atoms with Gasteiger partial charge in [-0.1, -0.05) is 30.3 Å². The van der Waals surface area contributed by atoms with Crippen molar-refractivity contribution in [3.63, 3.8) is 0 Å². The molecule has 1 heterocycles. The normalized spacial score (nSPS) is 12.0. The molecule has 0 aliphatic rings. The highest BCUT2D eigenvalue weighted by atomic mass is 16.1. The molecule has 2 aromatic rings. The second kappa shape index (κ2) is 8.98. The minimum Gasteiger partial charge on any atom is -0.363 e. The molecule has 1 amide bonds. The van der Waals surface area contributed by atoms with E-state index in [2.05, 4.69) is 44.6 Å². The summed E-state index contributed by atoms with van der Waals surface area (Å²) >= 11 is 0. The Morgan fingerprint density at radius 1 is 1.21 bits per heavy atom. The molecule has 0 aliphatic heterocycles. The fraction of sp³-hybridized carbons (Fsp3) is 0.389. The first-order valence-electron chi connectivity index (χ1n) is 8.12. The first-order valence-corrected chi connectivity index (χ1v) is 8.12. The zero-order valence-corrected chi connectivity index (χ0v) is 14.5. The van der Waals surface area contributed by atoms with Gasteiger partial charge in [0.25, 0.3) is 5.91 Å². The zero-order valence-electron chi connectivity index (χ0n) is 14.5. The van der Waals surface area contributed by atoms with Crippen molar-refractivity contribution in [3.05, 3.63) is 54.0 Å². The number of carbonyl (C=O) groups is 1. The fourth-order valence-electron chi connectivity index (χ4n) is 2.30. The molecule has 6 heteroatoms. The van der Waals surface area contributed by atoms with E-state index in [1.54, 1.807) is 6.07 Å². The van der Waals surface area contributed by atoms with Gasteiger partial charge >= 0.3 is 0 Å². The van der Waals surface area contributed by atoms with Crippen molar-refractivity contribution in [1.29, 1.82) is 0 Å². The van der Waals surface area contributed by atoms with Crippen LogP contribution < -0.4 is 10.6 Å². The Balaban J connectivity index is 1.92. The average molecular weight is 327 g/mol. The highest BCUT2D eigenvalue weighted by Gasteiger charge is 2.10. The van der Waals surface area contributed by atoms with Crippen LogP contribution in [-0.2, 0) is 0 Å². The lowest BCUT2D eigenvalue weighted by Gasteiger charge is -2.15. The first-order chi connectivity index (χ1) is 11.6. The molecule has 1 aromatic carbocycles. The lowest BCUT2D eigenvalue weighted by atomic mass is 10.1. The molecule has 24 heavy (non-hydrogen) atoms. The third-order valence-electron chi connectivity index (χ3n) is 3.63. The van der Waals surface area contributed by atoms with E-state index in [9.17, 15) is 4.79 Å². The van der Waals surface area contributed by atoms with Gasteiger partial charge in [-0.2, -0.15) is 0 Å². The van der Waals surface area contributed by atoms with Crippen LogP contribution in [0.25, 0.3) is 0 Å². The number of amides is 1. The van der Waals surface area contributed by atoms with E-state index in [1.165, 1.54) is 6.33 Å². The van der Waals surface area contributed by atoms with Crippen molar-refractivity contribution in [2.24, 2.45) is 0 Å². The number of nitrogens with one attached hydrogen (secondary N) is 2. The Morgan fingerprint density at radius 2 is 1.96 bits per heavy atom. The highest BCUT2D eigenvalue weighted by Crippen LogP contribution is 2.17. The summed E-state index contributed by atoms with van der Waals surface area (Å²) in [6.45, 7) is 3.62. The maximum Gasteiger partial charge on any atom is 0.270 e. The summed E-state index contributed by atoms with van der Waals surface area (Å²) in [5.41, 5.74) is 1.53. The van der Waals surface area contributed by atoms with Crippen LogP contribution in [0.3, 0.4) is 0 Å². The average Bonchev–Trinajstić information content (AvgIpc) is 2.59. The standard InChI is InChI=1S/C18H25N5O/c1-14(15-8-5-4-6-9-15)22-17-12-16(20-13-21-17)18(24)19-10-7-11-23(2)3/h4-6,8-9,12-14H,7,10-11H2,1-3H3,(H,19,24)(H,20,21,22). The number of nitrogens with zero attached hydrogens (tertiary/aromatic N) is 3. The molecule has 1 unspecified atom stereocenters. The lowest BCUT2D eigenvalue weighted by molar-refractivity contribution is 0.0947. The molecule has 6 nitrogen and oxygen atoms in total. The summed E-state index contributed by atoms with van der Waals surface area (Å²) in [5.74, 6) is 0.464. The Bertz CT molecular complexity index is 645. The molecular formula is C18H25N5O. The van der Waals surface area contributed by atoms with Gasteiger partial charge in [0.1, 0.15) is 17.8 Å². The Kier molecular flexibility index (Phi) is 6.69. The predicted octanol–water partition coefficient (Wildman–Crippen LogP) is 2.33. The van der Waals surface area contributed by atoms with Crippen LogP contribution >= 0.6 is 0 Å². The molecule has 2 rings (SSSR count). The van der Waals surface area contributed by atoms with Gasteiger partial charge < -0.3 is 15.5 Å². The summed E-state index contributed by atoms with van der Waals surface area (Å²) in [5, 5.41) is 6.18. The van der Waals surface area contributed by atoms with Crippen molar-refractivity contribution in [1.82, 2.24) is 20.2 Å². The van der Waals surface area contributed by atoms with Crippen molar-refractivity contribution in [3.8, 4) is 0 Å². The van der Waals surface area contributed by atoms with Gasteiger partial charge in [-0.05, 0) is 39.5 Å². The maximum absolute atomic E-state index is 12.2. The number of hydrogen-bond acceptors (Lipinski definition) is 5. The Labute approximate surface area is 143 Å². The van der Waals surface area contributed by atoms with Gasteiger partial charge in [-0.3, -0.25) is 4.79 Å². The minimum atomic E-state index is -0.174. The Morgan fingerprint density at radius 3 is 2.67 bits per heavy atom. The molecule has 0 spiro atoms. The van der Waals surface area contributed by atoms with Gasteiger partial charge in [0.15, 0.2) is 0 Å². The van der Waals surface area contributed by atoms with E-state index in [0.717, 1.165) is 18.5 Å². The maximum atomic E-state index is 12.2. The number of rotatable bonds is 8. The zero-order chi connectivity index (χ0) is 17.4. The van der Waals surface area contributed by atoms with E-state index in [4.69, 9.17) is 0 Å². The smallest absolute Gasteiger partial charge is 0.270 e. The lowest BCUT2D eigenvalue weighted by Crippen LogP contribution is -2.28. The number of hydrogen-bond donors (Lipinski definition) is 2. The third kappa shape index (κ3) is 5.62. The summed E-state index contributed by atoms with van der Waals surface area (Å²) < 4.78 is 0. The van der Waals surface area contributed by atoms with Gasteiger partial charge in [-0.15, -0.1) is 0 Å². The summed E-state index contributed by atoms with van der Waals surface area (Å²) in [4.78, 5) is 22.5. The van der Waals surface area contributed by atoms with Crippen molar-refractivity contribution >= 4 is 11.7 Å². The van der Waals surface area contributed by atoms with Gasteiger partial charge in [-0.25, -0.2) is 9.97 Å². The van der Waals surface area contributed by atoms with Crippen LogP contribution in [0.2, 0.25) is 0 Å². The summed E-state index contributed by atoms with van der Waals surface area (Å²) in [7, 11) is 4.02. The minimum absolute atomic E-state index is 0.0945. The van der Waals surface area contributed by atoms with E-state index < -0.39 is 0 Å². The molecule has 1 aromatic heterocycles. The molecule has 0 aliphatic carbocycles. The third-order valence-corrected chi connectivity index (χ3v) is 3.63. The molecular weight excluding hydrogens is 302 g/mol. The molecule has 1 atom stereocenters. The topological polar surface area (TPSA) is 70.2 Å². The van der Waals surface area contributed by atoms with Crippen LogP contribution in [0.1, 0.15) is 35.4 Å². The quantitative estimate of drug-likeness (QED) is 0.728. The SMILES string of the molecule is CC(Nc1cc(C(=O)NCCCN(C)C)ncn1)c1ccccc1. The molecule has 0 saturated heterocycles. The van der Waals surface area contributed by atoms with Crippen molar-refractivity contribution < 1.29 is 4.79 Å². The van der Waals surface area contributed by atoms with E-state index in [1.807, 2.05) is 32.3 Å². The van der Waals surface area contributed by atoms with E-state index >= 15 is 0 Å². The molecule has 0 radical (unpaired) electrons. The number of benzene rings is 1. The van der Waals surface area contributed by atoms with Crippen molar-refractivity contribution in [2.75, 3.05) is 32.5 Å². The molecule has 2 N–H and O–H groups in total. The van der Waals surface area contributed by atoms with Gasteiger partial charge in [0, 0.05) is 18.7 Å². The van der Waals surface area contributed by atoms with Crippen LogP contribution in [0, 0.1) is 0 Å². The van der Waals surface area contributed by atoms with Gasteiger partial charge in [0.05, 0.1) is 0 Å². The van der Waals surface area contributed by atoms with Crippen molar-refractivity contribution in [2.45, 2.75) is 19.4 Å². The molecule has 128 valence electrons. The van der Waals surface area contributed by atoms with Crippen LogP contribution in [-0.4, -0.2) is 48.0 Å². The fourth-order valence-corrected chi connectivity index (χ4v) is 2.30. The summed E-state index contributed by atoms with van der Waals surface area (Å²) in [6, 6.07) is 11.9. The monoisotopic (exact) mass is 327 g/mol. The highest BCUT2D eigenvalue weighted by molar-refractivity contribution is 5.92. The second-order valence-electron chi connectivity index (χ2n) is 5.98. The van der Waals surface area contributed by atoms with Crippen LogP contribution in [0.15, 0.2) is 42.7 Å². The van der Waals surface area contributed by atoms with Crippen LogP contribution in [0.5, 0.6) is 0 Å². The second-order valence-corrected chi connectivity index (χ2v) is 5.98. The molecule has 0 fully saturated rings. The molecule has 0 saturated carbocycles. The van der Waals surface area contributed by atoms with E-state index in [-0.39, 0.29) is 11.9 Å². The number of anilines is 1. The largest absolute Gasteiger partial charge is 0.363 e. The van der Waals surface area contributed by atoms with Gasteiger partial charge in [0.2, 0.25) is 0 Å². The van der Waals surface area contributed by atoms with Crippen LogP contribution in [0.4, 0.5) is 5.82 Å². The predicted molar refractivity (Wildman–Crippen MR) is 96.0 cm³/mol. The van der Waals surface area contributed by atoms with E-state index in [0.29, 0.717) is 18.1 Å². The first kappa shape index (κ1) is 17.9. The Hall–Kier alpha value is -2.47. The molecule has 0 bridgehead atoms. The summed E-state index contributed by atoms with van der Waals surface area (Å²) in [6.07, 6.45) is 2.31.